The molecule has 2 N–H and O–H groups in total. The number of nitrogens with one attached hydrogen (secondary N) is 2. The number of carbonyl (C=O) groups is 2. The highest BCUT2D eigenvalue weighted by molar-refractivity contribution is 5.75. The number of ether oxygens (including phenoxy) is 1. The van der Waals surface area contributed by atoms with E-state index in [1.807, 2.05) is 0 Å². The van der Waals surface area contributed by atoms with Gasteiger partial charge in [-0.2, -0.15) is 0 Å². The van der Waals surface area contributed by atoms with Gasteiger partial charge < -0.3 is 15.4 Å². The Bertz CT molecular complexity index is 163. The summed E-state index contributed by atoms with van der Waals surface area (Å²) in [6.07, 6.45) is 1.62. The number of methoxy groups -OCH3 is 1. The maximum absolute atomic E-state index is 10.8. The highest BCUT2D eigenvalue weighted by atomic mass is 16.5. The second kappa shape index (κ2) is 8.50. The standard InChI is InChI=1S/C9H18N2O3/c1-10-8(12)5-7-11-6-3-4-9(13)14-2/h11H,3-7H2,1-2H3,(H,10,12). The molecular formula is C9H18N2O3. The van der Waals surface area contributed by atoms with Gasteiger partial charge in [-0.1, -0.05) is 0 Å². The Labute approximate surface area is 84.2 Å². The molecule has 0 aliphatic heterocycles. The Morgan fingerprint density at radius 2 is 1.93 bits per heavy atom. The zero-order chi connectivity index (χ0) is 10.8. The minimum atomic E-state index is -0.196. The van der Waals surface area contributed by atoms with E-state index in [0.29, 0.717) is 19.4 Å². The molecule has 0 rings (SSSR count). The molecule has 0 spiro atoms. The lowest BCUT2D eigenvalue weighted by Crippen LogP contribution is -2.25. The van der Waals surface area contributed by atoms with Gasteiger partial charge in [0.2, 0.25) is 5.91 Å². The molecule has 0 aliphatic carbocycles. The van der Waals surface area contributed by atoms with Crippen LogP contribution in [0, 0.1) is 0 Å². The van der Waals surface area contributed by atoms with Gasteiger partial charge in [0.15, 0.2) is 0 Å². The molecule has 14 heavy (non-hydrogen) atoms. The molecule has 0 atom stereocenters. The molecule has 0 aromatic carbocycles. The molecule has 0 saturated heterocycles. The average Bonchev–Trinajstić information content (AvgIpc) is 2.22. The molecule has 0 radical (unpaired) electrons. The highest BCUT2D eigenvalue weighted by Crippen LogP contribution is 1.89. The number of hydrogen-bond donors (Lipinski definition) is 2. The van der Waals surface area contributed by atoms with E-state index in [0.717, 1.165) is 13.0 Å². The minimum Gasteiger partial charge on any atom is -0.469 e. The fourth-order valence-corrected chi connectivity index (χ4v) is 0.912. The van der Waals surface area contributed by atoms with Crippen molar-refractivity contribution < 1.29 is 14.3 Å². The first-order valence-electron chi connectivity index (χ1n) is 4.68. The molecule has 0 fully saturated rings. The normalized spacial score (nSPS) is 9.57. The predicted molar refractivity (Wildman–Crippen MR) is 52.8 cm³/mol. The first-order valence-corrected chi connectivity index (χ1v) is 4.68. The molecule has 5 heteroatoms. The quantitative estimate of drug-likeness (QED) is 0.438. The average molecular weight is 202 g/mol. The van der Waals surface area contributed by atoms with Gasteiger partial charge in [-0.25, -0.2) is 0 Å². The summed E-state index contributed by atoms with van der Waals surface area (Å²) in [7, 11) is 2.99. The van der Waals surface area contributed by atoms with Crippen LogP contribution >= 0.6 is 0 Å². The highest BCUT2D eigenvalue weighted by Gasteiger charge is 1.99. The van der Waals surface area contributed by atoms with Crippen molar-refractivity contribution in [3.63, 3.8) is 0 Å². The van der Waals surface area contributed by atoms with E-state index >= 15 is 0 Å². The van der Waals surface area contributed by atoms with E-state index < -0.39 is 0 Å². The molecular weight excluding hydrogens is 184 g/mol. The lowest BCUT2D eigenvalue weighted by atomic mass is 10.3. The van der Waals surface area contributed by atoms with Crippen LogP contribution < -0.4 is 10.6 Å². The smallest absolute Gasteiger partial charge is 0.305 e. The fraction of sp³-hybridized carbons (Fsp3) is 0.778. The van der Waals surface area contributed by atoms with E-state index in [9.17, 15) is 9.59 Å². The van der Waals surface area contributed by atoms with Crippen molar-refractivity contribution in [3.8, 4) is 0 Å². The van der Waals surface area contributed by atoms with E-state index in [1.165, 1.54) is 7.11 Å². The van der Waals surface area contributed by atoms with E-state index in [4.69, 9.17) is 0 Å². The van der Waals surface area contributed by atoms with Gasteiger partial charge in [0, 0.05) is 26.4 Å². The van der Waals surface area contributed by atoms with Crippen LogP contribution in [-0.2, 0) is 14.3 Å². The van der Waals surface area contributed by atoms with E-state index in [-0.39, 0.29) is 11.9 Å². The zero-order valence-electron chi connectivity index (χ0n) is 8.76. The Hall–Kier alpha value is -1.10. The Kier molecular flexibility index (Phi) is 7.83. The van der Waals surface area contributed by atoms with Crippen LogP contribution in [0.5, 0.6) is 0 Å². The number of hydrogen-bond acceptors (Lipinski definition) is 4. The van der Waals surface area contributed by atoms with Crippen LogP contribution in [0.15, 0.2) is 0 Å². The van der Waals surface area contributed by atoms with Crippen molar-refractivity contribution in [1.29, 1.82) is 0 Å². The van der Waals surface area contributed by atoms with Crippen LogP contribution in [0.4, 0.5) is 0 Å². The molecule has 82 valence electrons. The SMILES string of the molecule is CNC(=O)CCNCCCC(=O)OC. The molecule has 0 saturated carbocycles. The third kappa shape index (κ3) is 7.54. The lowest BCUT2D eigenvalue weighted by molar-refractivity contribution is -0.140. The maximum atomic E-state index is 10.8. The Balaban J connectivity index is 3.14. The van der Waals surface area contributed by atoms with Crippen molar-refractivity contribution in [3.05, 3.63) is 0 Å². The fourth-order valence-electron chi connectivity index (χ4n) is 0.912. The molecule has 0 aromatic heterocycles. The van der Waals surface area contributed by atoms with Gasteiger partial charge in [-0.3, -0.25) is 9.59 Å². The summed E-state index contributed by atoms with van der Waals surface area (Å²) in [4.78, 5) is 21.5. The minimum absolute atomic E-state index is 0.0190. The van der Waals surface area contributed by atoms with Crippen LogP contribution in [0.1, 0.15) is 19.3 Å². The molecule has 0 bridgehead atoms. The molecule has 0 unspecified atom stereocenters. The third-order valence-corrected chi connectivity index (χ3v) is 1.77. The number of esters is 1. The summed E-state index contributed by atoms with van der Waals surface area (Å²) >= 11 is 0. The lowest BCUT2D eigenvalue weighted by Gasteiger charge is -2.03. The van der Waals surface area contributed by atoms with Crippen LogP contribution in [0.2, 0.25) is 0 Å². The number of rotatable bonds is 7. The Morgan fingerprint density at radius 3 is 2.50 bits per heavy atom. The summed E-state index contributed by atoms with van der Waals surface area (Å²) in [5.74, 6) is -0.177. The van der Waals surface area contributed by atoms with E-state index in [2.05, 4.69) is 15.4 Å². The molecule has 1 amide bonds. The van der Waals surface area contributed by atoms with E-state index in [1.54, 1.807) is 7.05 Å². The second-order valence-electron chi connectivity index (χ2n) is 2.85. The molecule has 5 nitrogen and oxygen atoms in total. The maximum Gasteiger partial charge on any atom is 0.305 e. The molecule has 0 aromatic rings. The van der Waals surface area contributed by atoms with Crippen LogP contribution in [-0.4, -0.2) is 39.1 Å². The monoisotopic (exact) mass is 202 g/mol. The Morgan fingerprint density at radius 1 is 1.21 bits per heavy atom. The topological polar surface area (TPSA) is 67.4 Å². The summed E-state index contributed by atoms with van der Waals surface area (Å²) in [6.45, 7) is 1.37. The molecule has 0 heterocycles. The number of amides is 1. The van der Waals surface area contributed by atoms with Crippen LogP contribution in [0.25, 0.3) is 0 Å². The summed E-state index contributed by atoms with van der Waals surface area (Å²) in [5, 5.41) is 5.59. The first kappa shape index (κ1) is 12.9. The summed E-state index contributed by atoms with van der Waals surface area (Å²) in [6, 6.07) is 0. The zero-order valence-corrected chi connectivity index (χ0v) is 8.76. The van der Waals surface area contributed by atoms with Gasteiger partial charge in [0.05, 0.1) is 7.11 Å². The van der Waals surface area contributed by atoms with Crippen molar-refractivity contribution in [1.82, 2.24) is 10.6 Å². The van der Waals surface area contributed by atoms with Crippen molar-refractivity contribution >= 4 is 11.9 Å². The van der Waals surface area contributed by atoms with Crippen molar-refractivity contribution in [2.75, 3.05) is 27.2 Å². The second-order valence-corrected chi connectivity index (χ2v) is 2.85. The van der Waals surface area contributed by atoms with Crippen molar-refractivity contribution in [2.24, 2.45) is 0 Å². The number of carbonyl (C=O) groups excluding carboxylic acids is 2. The largest absolute Gasteiger partial charge is 0.469 e. The van der Waals surface area contributed by atoms with Gasteiger partial charge in [-0.05, 0) is 13.0 Å². The summed E-state index contributed by atoms with van der Waals surface area (Å²) < 4.78 is 4.48. The van der Waals surface area contributed by atoms with Gasteiger partial charge in [0.25, 0.3) is 0 Å². The predicted octanol–water partition coefficient (Wildman–Crippen LogP) is -0.335. The van der Waals surface area contributed by atoms with Crippen molar-refractivity contribution in [2.45, 2.75) is 19.3 Å². The first-order chi connectivity index (χ1) is 6.70. The van der Waals surface area contributed by atoms with Crippen LogP contribution in [0.3, 0.4) is 0 Å². The third-order valence-electron chi connectivity index (χ3n) is 1.77. The summed E-state index contributed by atoms with van der Waals surface area (Å²) in [5.41, 5.74) is 0. The molecule has 0 aliphatic rings. The van der Waals surface area contributed by atoms with Gasteiger partial charge in [0.1, 0.15) is 0 Å². The van der Waals surface area contributed by atoms with Gasteiger partial charge in [-0.15, -0.1) is 0 Å². The van der Waals surface area contributed by atoms with Gasteiger partial charge >= 0.3 is 5.97 Å².